The van der Waals surface area contributed by atoms with Gasteiger partial charge in [0.1, 0.15) is 10.1 Å². The molecule has 0 aliphatic heterocycles. The van der Waals surface area contributed by atoms with E-state index in [-0.39, 0.29) is 0 Å². The summed E-state index contributed by atoms with van der Waals surface area (Å²) in [6, 6.07) is 5.76. The number of anilines is 1. The Kier molecular flexibility index (Phi) is 3.66. The van der Waals surface area contributed by atoms with E-state index in [2.05, 4.69) is 9.97 Å². The number of alkyl halides is 3. The van der Waals surface area contributed by atoms with Gasteiger partial charge in [-0.25, -0.2) is 9.97 Å². The lowest BCUT2D eigenvalue weighted by Crippen LogP contribution is -2.05. The highest BCUT2D eigenvalue weighted by Gasteiger charge is 2.30. The topological polar surface area (TPSA) is 51.8 Å². The van der Waals surface area contributed by atoms with Crippen LogP contribution in [0.25, 0.3) is 0 Å². The highest BCUT2D eigenvalue weighted by molar-refractivity contribution is 7.99. The van der Waals surface area contributed by atoms with Gasteiger partial charge in [0.05, 0.1) is 11.3 Å². The molecular weight excluding hydrogens is 275 g/mol. The lowest BCUT2D eigenvalue weighted by atomic mass is 10.3. The zero-order valence-electron chi connectivity index (χ0n) is 9.90. The van der Waals surface area contributed by atoms with Crippen molar-refractivity contribution in [1.29, 1.82) is 0 Å². The summed E-state index contributed by atoms with van der Waals surface area (Å²) in [6.07, 6.45) is -3.58. The van der Waals surface area contributed by atoms with Crippen LogP contribution in [0.3, 0.4) is 0 Å². The fraction of sp³-hybridized carbons (Fsp3) is 0.167. The number of nitrogens with two attached hydrogens (primary N) is 1. The van der Waals surface area contributed by atoms with Crippen molar-refractivity contribution < 1.29 is 13.2 Å². The lowest BCUT2D eigenvalue weighted by Gasteiger charge is -2.07. The fourth-order valence-corrected chi connectivity index (χ4v) is 2.15. The first-order chi connectivity index (χ1) is 8.86. The Morgan fingerprint density at radius 3 is 2.47 bits per heavy atom. The van der Waals surface area contributed by atoms with Crippen molar-refractivity contribution in [2.45, 2.75) is 23.2 Å². The summed E-state index contributed by atoms with van der Waals surface area (Å²) in [5.74, 6) is 0. The number of nitrogens with zero attached hydrogens (tertiary/aromatic N) is 2. The molecule has 2 heterocycles. The SMILES string of the molecule is Cc1ccc(N)c(Sc2ccc(C(F)(F)F)cn2)n1. The van der Waals surface area contributed by atoms with E-state index in [4.69, 9.17) is 5.73 Å². The molecule has 19 heavy (non-hydrogen) atoms. The van der Waals surface area contributed by atoms with Crippen LogP contribution >= 0.6 is 11.8 Å². The van der Waals surface area contributed by atoms with Crippen molar-refractivity contribution >= 4 is 17.4 Å². The summed E-state index contributed by atoms with van der Waals surface area (Å²) in [7, 11) is 0. The average molecular weight is 285 g/mol. The Balaban J connectivity index is 2.22. The minimum atomic E-state index is -4.38. The Morgan fingerprint density at radius 2 is 1.89 bits per heavy atom. The standard InChI is InChI=1S/C12H10F3N3S/c1-7-2-4-9(16)11(18-7)19-10-5-3-8(6-17-10)12(13,14)15/h2-6H,16H2,1H3. The van der Waals surface area contributed by atoms with Crippen LogP contribution in [-0.2, 0) is 6.18 Å². The highest BCUT2D eigenvalue weighted by atomic mass is 32.2. The molecule has 0 fully saturated rings. The highest BCUT2D eigenvalue weighted by Crippen LogP contribution is 2.32. The van der Waals surface area contributed by atoms with Crippen molar-refractivity contribution in [2.75, 3.05) is 5.73 Å². The van der Waals surface area contributed by atoms with E-state index < -0.39 is 11.7 Å². The first kappa shape index (κ1) is 13.7. The van der Waals surface area contributed by atoms with Crippen LogP contribution in [-0.4, -0.2) is 9.97 Å². The predicted octanol–water partition coefficient (Wildman–Crippen LogP) is 3.54. The van der Waals surface area contributed by atoms with Crippen molar-refractivity contribution in [3.63, 3.8) is 0 Å². The molecule has 7 heteroatoms. The van der Waals surface area contributed by atoms with Gasteiger partial charge in [0, 0.05) is 11.9 Å². The number of hydrogen-bond donors (Lipinski definition) is 1. The maximum Gasteiger partial charge on any atom is 0.417 e. The van der Waals surface area contributed by atoms with E-state index in [0.29, 0.717) is 15.7 Å². The first-order valence-electron chi connectivity index (χ1n) is 5.30. The van der Waals surface area contributed by atoms with Crippen molar-refractivity contribution in [3.8, 4) is 0 Å². The van der Waals surface area contributed by atoms with Crippen molar-refractivity contribution in [3.05, 3.63) is 41.7 Å². The first-order valence-corrected chi connectivity index (χ1v) is 6.12. The quantitative estimate of drug-likeness (QED) is 0.917. The van der Waals surface area contributed by atoms with E-state index in [1.165, 1.54) is 6.07 Å². The molecule has 0 spiro atoms. The third-order valence-corrected chi connectivity index (χ3v) is 3.26. The van der Waals surface area contributed by atoms with Gasteiger partial charge in [-0.2, -0.15) is 13.2 Å². The van der Waals surface area contributed by atoms with Gasteiger partial charge in [-0.05, 0) is 43.0 Å². The van der Waals surface area contributed by atoms with E-state index in [0.717, 1.165) is 29.7 Å². The Labute approximate surface area is 112 Å². The monoisotopic (exact) mass is 285 g/mol. The summed E-state index contributed by atoms with van der Waals surface area (Å²) >= 11 is 1.13. The van der Waals surface area contributed by atoms with Gasteiger partial charge in [0.25, 0.3) is 0 Å². The third-order valence-electron chi connectivity index (χ3n) is 2.29. The molecule has 0 amide bonds. The van der Waals surface area contributed by atoms with Crippen LogP contribution in [0, 0.1) is 6.92 Å². The van der Waals surface area contributed by atoms with Gasteiger partial charge < -0.3 is 5.73 Å². The summed E-state index contributed by atoms with van der Waals surface area (Å²) in [4.78, 5) is 7.97. The van der Waals surface area contributed by atoms with Gasteiger partial charge >= 0.3 is 6.18 Å². The molecule has 0 aliphatic rings. The summed E-state index contributed by atoms with van der Waals surface area (Å²) in [6.45, 7) is 1.81. The van der Waals surface area contributed by atoms with Gasteiger partial charge in [-0.1, -0.05) is 0 Å². The summed E-state index contributed by atoms with van der Waals surface area (Å²) < 4.78 is 37.2. The van der Waals surface area contributed by atoms with Crippen LogP contribution in [0.1, 0.15) is 11.3 Å². The minimum Gasteiger partial charge on any atom is -0.397 e. The zero-order valence-corrected chi connectivity index (χ0v) is 10.7. The Morgan fingerprint density at radius 1 is 1.16 bits per heavy atom. The average Bonchev–Trinajstić information content (AvgIpc) is 2.33. The molecule has 0 unspecified atom stereocenters. The van der Waals surface area contributed by atoms with Crippen LogP contribution < -0.4 is 5.73 Å². The lowest BCUT2D eigenvalue weighted by molar-refractivity contribution is -0.137. The van der Waals surface area contributed by atoms with E-state index >= 15 is 0 Å². The van der Waals surface area contributed by atoms with Gasteiger partial charge in [0.15, 0.2) is 0 Å². The molecule has 2 aromatic rings. The number of hydrogen-bond acceptors (Lipinski definition) is 4. The molecule has 100 valence electrons. The normalized spacial score (nSPS) is 11.6. The van der Waals surface area contributed by atoms with E-state index in [1.807, 2.05) is 6.92 Å². The number of pyridine rings is 2. The second kappa shape index (κ2) is 5.08. The van der Waals surface area contributed by atoms with Crippen LogP contribution in [0.15, 0.2) is 40.5 Å². The molecule has 0 radical (unpaired) electrons. The number of aryl methyl sites for hydroxylation is 1. The third kappa shape index (κ3) is 3.37. The van der Waals surface area contributed by atoms with Crippen LogP contribution in [0.2, 0.25) is 0 Å². The molecule has 2 N–H and O–H groups in total. The largest absolute Gasteiger partial charge is 0.417 e. The molecular formula is C12H10F3N3S. The second-order valence-electron chi connectivity index (χ2n) is 3.83. The molecule has 0 saturated heterocycles. The number of halogens is 3. The van der Waals surface area contributed by atoms with Gasteiger partial charge in [-0.15, -0.1) is 0 Å². The summed E-state index contributed by atoms with van der Waals surface area (Å²) in [5, 5.41) is 0.949. The fourth-order valence-electron chi connectivity index (χ4n) is 1.33. The minimum absolute atomic E-state index is 0.415. The molecule has 0 aliphatic carbocycles. The molecule has 0 atom stereocenters. The second-order valence-corrected chi connectivity index (χ2v) is 4.84. The molecule has 2 rings (SSSR count). The van der Waals surface area contributed by atoms with Crippen LogP contribution in [0.4, 0.5) is 18.9 Å². The maximum absolute atomic E-state index is 12.4. The van der Waals surface area contributed by atoms with E-state index in [1.54, 1.807) is 12.1 Å². The Hall–Kier alpha value is -1.76. The molecule has 0 bridgehead atoms. The maximum atomic E-state index is 12.4. The van der Waals surface area contributed by atoms with Crippen molar-refractivity contribution in [1.82, 2.24) is 9.97 Å². The number of aromatic nitrogens is 2. The number of nitrogen functional groups attached to an aromatic ring is 1. The number of rotatable bonds is 2. The molecule has 0 aromatic carbocycles. The van der Waals surface area contributed by atoms with E-state index in [9.17, 15) is 13.2 Å². The smallest absolute Gasteiger partial charge is 0.397 e. The molecule has 0 saturated carbocycles. The zero-order chi connectivity index (χ0) is 14.0. The van der Waals surface area contributed by atoms with Gasteiger partial charge in [0.2, 0.25) is 0 Å². The van der Waals surface area contributed by atoms with Crippen molar-refractivity contribution in [2.24, 2.45) is 0 Å². The molecule has 2 aromatic heterocycles. The predicted molar refractivity (Wildman–Crippen MR) is 66.7 cm³/mol. The molecule has 3 nitrogen and oxygen atoms in total. The Bertz CT molecular complexity index is 582. The van der Waals surface area contributed by atoms with Crippen LogP contribution in [0.5, 0.6) is 0 Å². The van der Waals surface area contributed by atoms with Gasteiger partial charge in [-0.3, -0.25) is 0 Å². The summed E-state index contributed by atoms with van der Waals surface area (Å²) in [5.41, 5.74) is 6.22.